The number of nitrogens with zero attached hydrogens (tertiary/aromatic N) is 7. The molecule has 2 fully saturated rings. The Kier molecular flexibility index (Phi) is 8.72. The molecular weight excluding hydrogens is 581 g/mol. The number of fused-ring (bicyclic) bond motifs is 2. The lowest BCUT2D eigenvalue weighted by Gasteiger charge is -2.42. The third-order valence-electron chi connectivity index (χ3n) is 9.28. The van der Waals surface area contributed by atoms with Crippen LogP contribution in [0.1, 0.15) is 35.7 Å². The lowest BCUT2D eigenvalue weighted by molar-refractivity contribution is -0.131. The Hall–Kier alpha value is -3.78. The highest BCUT2D eigenvalue weighted by molar-refractivity contribution is 6.35. The highest BCUT2D eigenvalue weighted by atomic mass is 35.5. The number of likely N-dealkylation sites (N-methyl/N-ethyl adjacent to an activating group) is 2. The first-order chi connectivity index (χ1) is 21.2. The molecule has 0 N–H and O–H groups in total. The van der Waals surface area contributed by atoms with Crippen LogP contribution in [0.4, 0.5) is 10.2 Å². The van der Waals surface area contributed by atoms with Crippen molar-refractivity contribution in [2.45, 2.75) is 43.9 Å². The molecule has 4 heterocycles. The number of aromatic nitrogens is 2. The van der Waals surface area contributed by atoms with E-state index >= 15 is 0 Å². The number of hydrogen-bond acceptors (Lipinski definition) is 7. The summed E-state index contributed by atoms with van der Waals surface area (Å²) in [5, 5.41) is 2.86. The van der Waals surface area contributed by atoms with Crippen LogP contribution in [0.2, 0.25) is 5.02 Å². The van der Waals surface area contributed by atoms with Crippen LogP contribution in [0, 0.1) is 6.57 Å². The summed E-state index contributed by atoms with van der Waals surface area (Å²) in [5.41, 5.74) is 3.05. The number of carbonyl (C=O) groups excluding carboxylic acids is 1. The molecule has 0 saturated carbocycles. The van der Waals surface area contributed by atoms with E-state index in [1.807, 2.05) is 12.1 Å². The van der Waals surface area contributed by atoms with E-state index in [1.165, 1.54) is 4.90 Å². The molecule has 2 saturated heterocycles. The molecule has 1 amide bonds. The fourth-order valence-corrected chi connectivity index (χ4v) is 7.18. The molecule has 0 radical (unpaired) electrons. The van der Waals surface area contributed by atoms with Crippen LogP contribution in [-0.2, 0) is 17.8 Å². The second kappa shape index (κ2) is 12.7. The van der Waals surface area contributed by atoms with Gasteiger partial charge in [-0.25, -0.2) is 11.0 Å². The van der Waals surface area contributed by atoms with E-state index in [0.29, 0.717) is 44.7 Å². The van der Waals surface area contributed by atoms with Gasteiger partial charge in [-0.15, -0.1) is 0 Å². The predicted octanol–water partition coefficient (Wildman–Crippen LogP) is 4.91. The van der Waals surface area contributed by atoms with Crippen molar-refractivity contribution in [1.29, 1.82) is 0 Å². The predicted molar refractivity (Wildman–Crippen MR) is 169 cm³/mol. The number of rotatable bonds is 7. The number of carbonyl (C=O) groups is 1. The van der Waals surface area contributed by atoms with E-state index in [2.05, 4.69) is 64.5 Å². The van der Waals surface area contributed by atoms with Crippen molar-refractivity contribution in [2.75, 3.05) is 58.3 Å². The molecule has 11 heteroatoms. The molecule has 44 heavy (non-hydrogen) atoms. The lowest BCUT2D eigenvalue weighted by atomic mass is 9.90. The Morgan fingerprint density at radius 2 is 1.93 bits per heavy atom. The third-order valence-corrected chi connectivity index (χ3v) is 9.59. The van der Waals surface area contributed by atoms with Gasteiger partial charge in [-0.1, -0.05) is 48.5 Å². The number of benzene rings is 2. The summed E-state index contributed by atoms with van der Waals surface area (Å²) in [6, 6.07) is 12.4. The van der Waals surface area contributed by atoms with Gasteiger partial charge in [-0.2, -0.15) is 9.97 Å². The van der Waals surface area contributed by atoms with Crippen LogP contribution >= 0.6 is 11.6 Å². The van der Waals surface area contributed by atoms with E-state index < -0.39 is 17.8 Å². The first-order valence-corrected chi connectivity index (χ1v) is 15.5. The zero-order chi connectivity index (χ0) is 31.0. The van der Waals surface area contributed by atoms with Crippen LogP contribution in [0.15, 0.2) is 48.8 Å². The molecule has 3 aromatic rings. The van der Waals surface area contributed by atoms with E-state index in [4.69, 9.17) is 32.9 Å². The maximum absolute atomic E-state index is 13.8. The van der Waals surface area contributed by atoms with Gasteiger partial charge >= 0.3 is 6.01 Å². The number of hydrogen-bond donors (Lipinski definition) is 0. The van der Waals surface area contributed by atoms with Crippen LogP contribution < -0.4 is 9.64 Å². The molecule has 1 aromatic heterocycles. The normalized spacial score (nSPS) is 22.6. The number of piperazine rings is 1. The van der Waals surface area contributed by atoms with Gasteiger partial charge in [0, 0.05) is 60.7 Å². The second-order valence-electron chi connectivity index (χ2n) is 12.0. The Morgan fingerprint density at radius 1 is 1.14 bits per heavy atom. The van der Waals surface area contributed by atoms with Crippen LogP contribution in [0.3, 0.4) is 0 Å². The fraction of sp³-hybridized carbons (Fsp3) is 0.455. The van der Waals surface area contributed by atoms with Crippen molar-refractivity contribution < 1.29 is 13.9 Å². The van der Waals surface area contributed by atoms with Crippen molar-refractivity contribution >= 4 is 34.1 Å². The maximum atomic E-state index is 13.8. The minimum atomic E-state index is -1.01. The lowest BCUT2D eigenvalue weighted by Crippen LogP contribution is -2.57. The summed E-state index contributed by atoms with van der Waals surface area (Å²) in [5.74, 6) is -1.03. The van der Waals surface area contributed by atoms with Crippen molar-refractivity contribution in [2.24, 2.45) is 0 Å². The maximum Gasteiger partial charge on any atom is 0.318 e. The molecule has 3 aliphatic rings. The minimum absolute atomic E-state index is 0.0302. The summed E-state index contributed by atoms with van der Waals surface area (Å²) in [6.45, 7) is 13.9. The zero-order valence-corrected chi connectivity index (χ0v) is 25.9. The van der Waals surface area contributed by atoms with E-state index in [0.717, 1.165) is 57.8 Å². The number of halogens is 2. The molecule has 3 aliphatic heterocycles. The summed E-state index contributed by atoms with van der Waals surface area (Å²) < 4.78 is 20.1. The molecular formula is C33H37ClFN7O2. The average molecular weight is 618 g/mol. The monoisotopic (exact) mass is 617 g/mol. The summed E-state index contributed by atoms with van der Waals surface area (Å²) in [7, 11) is 4.21. The van der Waals surface area contributed by atoms with Crippen molar-refractivity contribution in [1.82, 2.24) is 24.7 Å². The minimum Gasteiger partial charge on any atom is -0.462 e. The van der Waals surface area contributed by atoms with Crippen LogP contribution in [-0.4, -0.2) is 96.1 Å². The average Bonchev–Trinajstić information content (AvgIpc) is 3.43. The van der Waals surface area contributed by atoms with Crippen molar-refractivity contribution in [3.05, 3.63) is 82.1 Å². The molecule has 0 bridgehead atoms. The first-order valence-electron chi connectivity index (χ1n) is 15.1. The van der Waals surface area contributed by atoms with Gasteiger partial charge < -0.3 is 24.3 Å². The van der Waals surface area contributed by atoms with Crippen LogP contribution in [0.25, 0.3) is 15.6 Å². The largest absolute Gasteiger partial charge is 0.462 e. The molecule has 230 valence electrons. The summed E-state index contributed by atoms with van der Waals surface area (Å²) in [6.07, 6.45) is 2.84. The number of likely N-dealkylation sites (tertiary alicyclic amines) is 1. The van der Waals surface area contributed by atoms with E-state index in [9.17, 15) is 9.18 Å². The van der Waals surface area contributed by atoms with Crippen molar-refractivity contribution in [3.8, 4) is 6.01 Å². The van der Waals surface area contributed by atoms with Gasteiger partial charge in [-0.3, -0.25) is 9.69 Å². The topological polar surface area (TPSA) is 69.4 Å². The molecule has 0 spiro atoms. The fourth-order valence-electron chi connectivity index (χ4n) is 6.89. The molecule has 3 atom stereocenters. The molecule has 9 nitrogen and oxygen atoms in total. The van der Waals surface area contributed by atoms with Crippen LogP contribution in [0.5, 0.6) is 6.01 Å². The highest BCUT2D eigenvalue weighted by Gasteiger charge is 2.37. The summed E-state index contributed by atoms with van der Waals surface area (Å²) in [4.78, 5) is 34.1. The Labute approximate surface area is 262 Å². The Bertz CT molecular complexity index is 1620. The third kappa shape index (κ3) is 5.84. The SMILES string of the molecule is [C-]#[N+]C[C@H]1CN(c2nc(OC[C@@H]3CCCN3C)nc3c2CN(C)C(c2cccc4cccc(Cl)c24)C3)CCN1C(=O)C(=C)F. The highest BCUT2D eigenvalue weighted by Crippen LogP contribution is 2.40. The van der Waals surface area contributed by atoms with E-state index in [1.54, 1.807) is 0 Å². The first kappa shape index (κ1) is 30.3. The van der Waals surface area contributed by atoms with Gasteiger partial charge in [-0.05, 0) is 50.5 Å². The number of ether oxygens (including phenoxy) is 1. The Balaban J connectivity index is 1.37. The van der Waals surface area contributed by atoms with Gasteiger partial charge in [0.1, 0.15) is 18.5 Å². The van der Waals surface area contributed by atoms with Gasteiger partial charge in [0.05, 0.1) is 5.69 Å². The van der Waals surface area contributed by atoms with Gasteiger partial charge in [0.25, 0.3) is 5.91 Å². The molecule has 1 unspecified atom stereocenters. The summed E-state index contributed by atoms with van der Waals surface area (Å²) >= 11 is 6.74. The molecule has 0 aliphatic carbocycles. The second-order valence-corrected chi connectivity index (χ2v) is 12.4. The van der Waals surface area contributed by atoms with Gasteiger partial charge in [0.2, 0.25) is 6.54 Å². The van der Waals surface area contributed by atoms with Crippen molar-refractivity contribution in [3.63, 3.8) is 0 Å². The van der Waals surface area contributed by atoms with E-state index in [-0.39, 0.29) is 19.1 Å². The van der Waals surface area contributed by atoms with Gasteiger partial charge in [0.15, 0.2) is 5.83 Å². The Morgan fingerprint density at radius 3 is 2.66 bits per heavy atom. The molecule has 2 aromatic carbocycles. The standard InChI is InChI=1S/C33H37ClFN7O2/c1-21(35)32(43)42-15-14-41(18-24(42)17-36-2)31-26-19-40(4)29(25-11-5-8-22-9-6-12-27(34)30(22)25)16-28(26)37-33(38-31)44-20-23-10-7-13-39(23)3/h5-6,8-9,11-12,23-24,29H,1,7,10,13-20H2,3-4H3/t23-,24-,29?/m0/s1. The smallest absolute Gasteiger partial charge is 0.318 e. The quantitative estimate of drug-likeness (QED) is 0.276. The molecule has 6 rings (SSSR count). The number of anilines is 1. The zero-order valence-electron chi connectivity index (χ0n) is 25.2. The number of amides is 1.